The first-order chi connectivity index (χ1) is 12.0. The summed E-state index contributed by atoms with van der Waals surface area (Å²) in [4.78, 5) is 4.07. The summed E-state index contributed by atoms with van der Waals surface area (Å²) in [6.45, 7) is 0.0342. The molecule has 0 unspecified atom stereocenters. The molecule has 0 saturated heterocycles. The Morgan fingerprint density at radius 1 is 1.12 bits per heavy atom. The second-order valence-corrected chi connectivity index (χ2v) is 7.21. The fourth-order valence-corrected chi connectivity index (χ4v) is 3.69. The molecule has 25 heavy (non-hydrogen) atoms. The summed E-state index contributed by atoms with van der Waals surface area (Å²) in [5, 5.41) is 3.84. The summed E-state index contributed by atoms with van der Waals surface area (Å²) in [6, 6.07) is 12.2. The van der Waals surface area contributed by atoms with Crippen LogP contribution in [-0.2, 0) is 16.4 Å². The van der Waals surface area contributed by atoms with Gasteiger partial charge in [0.2, 0.25) is 21.7 Å². The lowest BCUT2D eigenvalue weighted by molar-refractivity contribution is 0.378. The number of sulfonamides is 1. The molecule has 2 aromatic carbocycles. The van der Waals surface area contributed by atoms with Crippen LogP contribution in [0.25, 0.3) is 11.4 Å². The molecule has 0 aliphatic heterocycles. The second-order valence-electron chi connectivity index (χ2n) is 5.07. The maximum Gasteiger partial charge on any atom is 0.242 e. The predicted molar refractivity (Wildman–Crippen MR) is 90.0 cm³/mol. The number of hydrogen-bond acceptors (Lipinski definition) is 5. The molecular weight excluding hydrogens is 369 g/mol. The minimum atomic E-state index is -3.74. The molecule has 3 aromatic rings. The molecule has 0 radical (unpaired) electrons. The Bertz CT molecular complexity index is 992. The van der Waals surface area contributed by atoms with Gasteiger partial charge in [0.25, 0.3) is 0 Å². The molecule has 1 N–H and O–H groups in total. The van der Waals surface area contributed by atoms with Crippen molar-refractivity contribution in [2.75, 3.05) is 6.54 Å². The van der Waals surface area contributed by atoms with Crippen molar-refractivity contribution in [3.05, 3.63) is 65.3 Å². The van der Waals surface area contributed by atoms with Gasteiger partial charge in [0.15, 0.2) is 0 Å². The highest BCUT2D eigenvalue weighted by atomic mass is 35.5. The third-order valence-corrected chi connectivity index (χ3v) is 5.30. The maximum absolute atomic E-state index is 13.7. The number of aromatic nitrogens is 2. The van der Waals surface area contributed by atoms with Gasteiger partial charge in [0.05, 0.1) is 10.6 Å². The lowest BCUT2D eigenvalue weighted by Crippen LogP contribution is -2.26. The van der Waals surface area contributed by atoms with E-state index in [1.165, 1.54) is 24.3 Å². The Morgan fingerprint density at radius 3 is 2.60 bits per heavy atom. The fraction of sp³-hybridized carbons (Fsp3) is 0.125. The van der Waals surface area contributed by atoms with Gasteiger partial charge in [-0.25, -0.2) is 17.5 Å². The standard InChI is InChI=1S/C16H13ClFN3O3S/c17-12-6-2-4-8-14(12)25(22,23)19-10-9-15-20-16(21-24-15)11-5-1-3-7-13(11)18/h1-8,19H,9-10H2. The third-order valence-electron chi connectivity index (χ3n) is 3.34. The van der Waals surface area contributed by atoms with E-state index in [1.54, 1.807) is 24.3 Å². The zero-order valence-corrected chi connectivity index (χ0v) is 14.4. The minimum absolute atomic E-state index is 0.00533. The Hall–Kier alpha value is -2.29. The average Bonchev–Trinajstić information content (AvgIpc) is 3.04. The summed E-state index contributed by atoms with van der Waals surface area (Å²) in [5.41, 5.74) is 0.217. The summed E-state index contributed by atoms with van der Waals surface area (Å²) < 4.78 is 45.5. The molecule has 0 aliphatic rings. The smallest absolute Gasteiger partial charge is 0.242 e. The quantitative estimate of drug-likeness (QED) is 0.709. The largest absolute Gasteiger partial charge is 0.339 e. The second kappa shape index (κ2) is 7.30. The van der Waals surface area contributed by atoms with Gasteiger partial charge in [0, 0.05) is 13.0 Å². The zero-order valence-electron chi connectivity index (χ0n) is 12.8. The molecule has 0 atom stereocenters. The van der Waals surface area contributed by atoms with E-state index in [0.717, 1.165) is 0 Å². The first-order valence-electron chi connectivity index (χ1n) is 7.29. The molecule has 130 valence electrons. The molecule has 1 aromatic heterocycles. The predicted octanol–water partition coefficient (Wildman–Crippen LogP) is 3.05. The van der Waals surface area contributed by atoms with Crippen LogP contribution in [0.5, 0.6) is 0 Å². The summed E-state index contributed by atoms with van der Waals surface area (Å²) in [7, 11) is -3.74. The van der Waals surface area contributed by atoms with Crippen molar-refractivity contribution in [1.82, 2.24) is 14.9 Å². The van der Waals surface area contributed by atoms with E-state index in [2.05, 4.69) is 14.9 Å². The van der Waals surface area contributed by atoms with E-state index < -0.39 is 15.8 Å². The van der Waals surface area contributed by atoms with E-state index in [-0.39, 0.29) is 40.2 Å². The van der Waals surface area contributed by atoms with Crippen LogP contribution < -0.4 is 4.72 Å². The summed E-state index contributed by atoms with van der Waals surface area (Å²) in [5.74, 6) is -0.156. The van der Waals surface area contributed by atoms with E-state index in [4.69, 9.17) is 16.1 Å². The lowest BCUT2D eigenvalue weighted by Gasteiger charge is -2.06. The highest BCUT2D eigenvalue weighted by Crippen LogP contribution is 2.21. The van der Waals surface area contributed by atoms with E-state index in [1.807, 2.05) is 0 Å². The Balaban J connectivity index is 1.65. The molecule has 0 amide bonds. The topological polar surface area (TPSA) is 85.1 Å². The van der Waals surface area contributed by atoms with Crippen molar-refractivity contribution < 1.29 is 17.3 Å². The molecule has 0 saturated carbocycles. The SMILES string of the molecule is O=S(=O)(NCCc1nc(-c2ccccc2F)no1)c1ccccc1Cl. The fourth-order valence-electron chi connectivity index (χ4n) is 2.14. The molecule has 9 heteroatoms. The molecule has 0 aliphatic carbocycles. The van der Waals surface area contributed by atoms with Crippen molar-refractivity contribution >= 4 is 21.6 Å². The first-order valence-corrected chi connectivity index (χ1v) is 9.15. The molecule has 1 heterocycles. The normalized spacial score (nSPS) is 11.6. The molecule has 3 rings (SSSR count). The van der Waals surface area contributed by atoms with E-state index in [0.29, 0.717) is 0 Å². The van der Waals surface area contributed by atoms with Crippen molar-refractivity contribution in [3.8, 4) is 11.4 Å². The third kappa shape index (κ3) is 4.04. The highest BCUT2D eigenvalue weighted by molar-refractivity contribution is 7.89. The average molecular weight is 382 g/mol. The van der Waals surface area contributed by atoms with Gasteiger partial charge < -0.3 is 4.52 Å². The summed E-state index contributed by atoms with van der Waals surface area (Å²) >= 11 is 5.90. The molecule has 0 spiro atoms. The van der Waals surface area contributed by atoms with Crippen LogP contribution in [0.3, 0.4) is 0 Å². The monoisotopic (exact) mass is 381 g/mol. The first kappa shape index (κ1) is 17.5. The number of benzene rings is 2. The van der Waals surface area contributed by atoms with Gasteiger partial charge in [-0.3, -0.25) is 0 Å². The van der Waals surface area contributed by atoms with Crippen molar-refractivity contribution in [1.29, 1.82) is 0 Å². The van der Waals surface area contributed by atoms with Gasteiger partial charge in [-0.2, -0.15) is 4.98 Å². The van der Waals surface area contributed by atoms with Gasteiger partial charge >= 0.3 is 0 Å². The number of rotatable bonds is 6. The van der Waals surface area contributed by atoms with Gasteiger partial charge in [-0.1, -0.05) is 41.0 Å². The van der Waals surface area contributed by atoms with Gasteiger partial charge in [-0.15, -0.1) is 0 Å². The zero-order chi connectivity index (χ0) is 17.9. The molecule has 0 bridgehead atoms. The van der Waals surface area contributed by atoms with E-state index in [9.17, 15) is 12.8 Å². The summed E-state index contributed by atoms with van der Waals surface area (Å²) in [6.07, 6.45) is 0.158. The van der Waals surface area contributed by atoms with Crippen LogP contribution in [0.1, 0.15) is 5.89 Å². The maximum atomic E-state index is 13.7. The number of nitrogens with zero attached hydrogens (tertiary/aromatic N) is 2. The van der Waals surface area contributed by atoms with Crippen molar-refractivity contribution in [2.24, 2.45) is 0 Å². The lowest BCUT2D eigenvalue weighted by atomic mass is 10.2. The Kier molecular flexibility index (Phi) is 5.12. The van der Waals surface area contributed by atoms with Crippen LogP contribution in [0.4, 0.5) is 4.39 Å². The van der Waals surface area contributed by atoms with Gasteiger partial charge in [0.1, 0.15) is 10.7 Å². The molecule has 6 nitrogen and oxygen atoms in total. The minimum Gasteiger partial charge on any atom is -0.339 e. The number of halogens is 2. The molecule has 0 fully saturated rings. The number of nitrogens with one attached hydrogen (secondary N) is 1. The Morgan fingerprint density at radius 2 is 1.84 bits per heavy atom. The van der Waals surface area contributed by atoms with Crippen LogP contribution in [0.2, 0.25) is 5.02 Å². The van der Waals surface area contributed by atoms with Crippen LogP contribution in [-0.4, -0.2) is 25.1 Å². The van der Waals surface area contributed by atoms with Crippen LogP contribution in [0, 0.1) is 5.82 Å². The van der Waals surface area contributed by atoms with Gasteiger partial charge in [-0.05, 0) is 24.3 Å². The van der Waals surface area contributed by atoms with Crippen molar-refractivity contribution in [3.63, 3.8) is 0 Å². The van der Waals surface area contributed by atoms with Crippen LogP contribution in [0.15, 0.2) is 57.9 Å². The van der Waals surface area contributed by atoms with Crippen LogP contribution >= 0.6 is 11.6 Å². The molecular formula is C16H13ClFN3O3S. The van der Waals surface area contributed by atoms with Crippen molar-refractivity contribution in [2.45, 2.75) is 11.3 Å². The number of hydrogen-bond donors (Lipinski definition) is 1. The highest BCUT2D eigenvalue weighted by Gasteiger charge is 2.18. The van der Waals surface area contributed by atoms with E-state index >= 15 is 0 Å². The Labute approximate surface area is 148 Å².